The normalized spacial score (nSPS) is 24.1. The summed E-state index contributed by atoms with van der Waals surface area (Å²) in [4.78, 5) is 16.4. The number of amides is 1. The molecule has 4 nitrogen and oxygen atoms in total. The standard InChI is InChI=1S/C18H24N2O2/c1-13(21)19(2)18-16-8-7-15(22-3)12-14(16)6-9-17(18)20-10-4-5-11-20/h4-5,7-8,12,17-18H,6,9-11H2,1-3H3/t17-,18-/m0/s1. The molecule has 118 valence electrons. The molecule has 2 atom stereocenters. The quantitative estimate of drug-likeness (QED) is 0.804. The minimum absolute atomic E-state index is 0.117. The van der Waals surface area contributed by atoms with Crippen molar-refractivity contribution in [3.63, 3.8) is 0 Å². The van der Waals surface area contributed by atoms with Crippen LogP contribution < -0.4 is 4.74 Å². The largest absolute Gasteiger partial charge is 0.497 e. The molecule has 1 aliphatic carbocycles. The van der Waals surface area contributed by atoms with Crippen molar-refractivity contribution in [3.8, 4) is 5.75 Å². The zero-order valence-electron chi connectivity index (χ0n) is 13.6. The van der Waals surface area contributed by atoms with Crippen molar-refractivity contribution in [2.24, 2.45) is 0 Å². The summed E-state index contributed by atoms with van der Waals surface area (Å²) in [7, 11) is 3.62. The minimum Gasteiger partial charge on any atom is -0.497 e. The van der Waals surface area contributed by atoms with Crippen LogP contribution in [-0.4, -0.2) is 49.0 Å². The number of methoxy groups -OCH3 is 1. The van der Waals surface area contributed by atoms with E-state index in [1.54, 1.807) is 14.0 Å². The predicted molar refractivity (Wildman–Crippen MR) is 87.0 cm³/mol. The van der Waals surface area contributed by atoms with E-state index in [9.17, 15) is 4.79 Å². The molecule has 0 saturated heterocycles. The zero-order chi connectivity index (χ0) is 15.7. The molecule has 1 aromatic carbocycles. The second-order valence-corrected chi connectivity index (χ2v) is 6.17. The van der Waals surface area contributed by atoms with Crippen LogP contribution in [0.15, 0.2) is 30.4 Å². The van der Waals surface area contributed by atoms with Gasteiger partial charge in [-0.3, -0.25) is 9.69 Å². The molecule has 0 radical (unpaired) electrons. The summed E-state index contributed by atoms with van der Waals surface area (Å²) in [6, 6.07) is 6.75. The van der Waals surface area contributed by atoms with Gasteiger partial charge in [0.25, 0.3) is 0 Å². The number of likely N-dealkylation sites (N-methyl/N-ethyl adjacent to an activating group) is 1. The number of hydrogen-bond acceptors (Lipinski definition) is 3. The lowest BCUT2D eigenvalue weighted by Crippen LogP contribution is -2.48. The molecule has 1 aromatic rings. The molecule has 0 saturated carbocycles. The molecule has 0 aromatic heterocycles. The number of rotatable bonds is 3. The van der Waals surface area contributed by atoms with E-state index in [4.69, 9.17) is 4.74 Å². The molecule has 1 heterocycles. The third-order valence-electron chi connectivity index (χ3n) is 4.97. The van der Waals surface area contributed by atoms with E-state index in [0.29, 0.717) is 6.04 Å². The third kappa shape index (κ3) is 2.63. The molecule has 0 N–H and O–H groups in total. The van der Waals surface area contributed by atoms with Crippen molar-refractivity contribution >= 4 is 5.91 Å². The van der Waals surface area contributed by atoms with Gasteiger partial charge in [0.2, 0.25) is 5.91 Å². The number of nitrogens with zero attached hydrogens (tertiary/aromatic N) is 2. The Morgan fingerprint density at radius 2 is 2.05 bits per heavy atom. The minimum atomic E-state index is 0.117. The maximum Gasteiger partial charge on any atom is 0.219 e. The summed E-state index contributed by atoms with van der Waals surface area (Å²) in [5.74, 6) is 1.01. The van der Waals surface area contributed by atoms with Gasteiger partial charge in [-0.2, -0.15) is 0 Å². The lowest BCUT2D eigenvalue weighted by atomic mass is 9.82. The lowest BCUT2D eigenvalue weighted by molar-refractivity contribution is -0.131. The Balaban J connectivity index is 1.98. The fourth-order valence-electron chi connectivity index (χ4n) is 3.69. The maximum atomic E-state index is 12.0. The average molecular weight is 300 g/mol. The van der Waals surface area contributed by atoms with E-state index in [2.05, 4.69) is 29.2 Å². The number of carbonyl (C=O) groups is 1. The van der Waals surface area contributed by atoms with Crippen molar-refractivity contribution in [2.45, 2.75) is 31.8 Å². The average Bonchev–Trinajstić information content (AvgIpc) is 3.06. The van der Waals surface area contributed by atoms with Gasteiger partial charge in [0.05, 0.1) is 13.2 Å². The zero-order valence-corrected chi connectivity index (χ0v) is 13.6. The van der Waals surface area contributed by atoms with Gasteiger partial charge in [0.1, 0.15) is 5.75 Å². The van der Waals surface area contributed by atoms with Gasteiger partial charge >= 0.3 is 0 Å². The first kappa shape index (κ1) is 15.1. The first-order valence-corrected chi connectivity index (χ1v) is 7.91. The van der Waals surface area contributed by atoms with Gasteiger partial charge in [-0.1, -0.05) is 18.2 Å². The second kappa shape index (κ2) is 6.13. The Kier molecular flexibility index (Phi) is 4.21. The van der Waals surface area contributed by atoms with E-state index in [1.165, 1.54) is 11.1 Å². The first-order valence-electron chi connectivity index (χ1n) is 7.91. The van der Waals surface area contributed by atoms with Crippen molar-refractivity contribution < 1.29 is 9.53 Å². The number of carbonyl (C=O) groups excluding carboxylic acids is 1. The number of hydrogen-bond donors (Lipinski definition) is 0. The van der Waals surface area contributed by atoms with E-state index in [-0.39, 0.29) is 11.9 Å². The fourth-order valence-corrected chi connectivity index (χ4v) is 3.69. The smallest absolute Gasteiger partial charge is 0.219 e. The van der Waals surface area contributed by atoms with Gasteiger partial charge in [-0.05, 0) is 36.1 Å². The fraction of sp³-hybridized carbons (Fsp3) is 0.500. The molecular weight excluding hydrogens is 276 g/mol. The summed E-state index contributed by atoms with van der Waals surface area (Å²) in [5, 5.41) is 0. The molecule has 3 rings (SSSR count). The van der Waals surface area contributed by atoms with Crippen LogP contribution in [0.25, 0.3) is 0 Å². The Bertz CT molecular complexity index is 589. The van der Waals surface area contributed by atoms with E-state index in [0.717, 1.165) is 31.7 Å². The molecular formula is C18H24N2O2. The molecule has 1 amide bonds. The highest BCUT2D eigenvalue weighted by molar-refractivity contribution is 5.73. The Labute approximate surface area is 132 Å². The molecule has 4 heteroatoms. The molecule has 22 heavy (non-hydrogen) atoms. The van der Waals surface area contributed by atoms with Crippen molar-refractivity contribution in [2.75, 3.05) is 27.2 Å². The highest BCUT2D eigenvalue weighted by Crippen LogP contribution is 2.38. The monoisotopic (exact) mass is 300 g/mol. The van der Waals surface area contributed by atoms with Crippen molar-refractivity contribution in [3.05, 3.63) is 41.5 Å². The van der Waals surface area contributed by atoms with Crippen LogP contribution in [0.1, 0.15) is 30.5 Å². The van der Waals surface area contributed by atoms with Crippen molar-refractivity contribution in [1.29, 1.82) is 0 Å². The number of fused-ring (bicyclic) bond motifs is 1. The number of aryl methyl sites for hydroxylation is 1. The molecule has 0 bridgehead atoms. The maximum absolute atomic E-state index is 12.0. The molecule has 0 unspecified atom stereocenters. The SMILES string of the molecule is COc1ccc2c(c1)CC[C@H](N1CC=CC1)[C@H]2N(C)C(C)=O. The number of ether oxygens (including phenoxy) is 1. The first-order chi connectivity index (χ1) is 10.6. The molecule has 2 aliphatic rings. The summed E-state index contributed by atoms with van der Waals surface area (Å²) in [6.07, 6.45) is 6.54. The van der Waals surface area contributed by atoms with E-state index >= 15 is 0 Å². The van der Waals surface area contributed by atoms with Gasteiger partial charge in [0, 0.05) is 33.1 Å². The number of benzene rings is 1. The van der Waals surface area contributed by atoms with Crippen LogP contribution in [0.2, 0.25) is 0 Å². The van der Waals surface area contributed by atoms with Gasteiger partial charge < -0.3 is 9.64 Å². The van der Waals surface area contributed by atoms with E-state index < -0.39 is 0 Å². The topological polar surface area (TPSA) is 32.8 Å². The van der Waals surface area contributed by atoms with Gasteiger partial charge in [-0.15, -0.1) is 0 Å². The van der Waals surface area contributed by atoms with Crippen LogP contribution in [0, 0.1) is 0 Å². The molecule has 0 fully saturated rings. The predicted octanol–water partition coefficient (Wildman–Crippen LogP) is 2.40. The summed E-state index contributed by atoms with van der Waals surface area (Å²) >= 11 is 0. The highest BCUT2D eigenvalue weighted by atomic mass is 16.5. The highest BCUT2D eigenvalue weighted by Gasteiger charge is 2.37. The van der Waals surface area contributed by atoms with Gasteiger partial charge in [0.15, 0.2) is 0 Å². The summed E-state index contributed by atoms with van der Waals surface area (Å²) in [5.41, 5.74) is 2.57. The van der Waals surface area contributed by atoms with Crippen LogP contribution in [0.5, 0.6) is 5.75 Å². The lowest BCUT2D eigenvalue weighted by Gasteiger charge is -2.43. The van der Waals surface area contributed by atoms with Gasteiger partial charge in [-0.25, -0.2) is 0 Å². The van der Waals surface area contributed by atoms with Crippen LogP contribution in [0.3, 0.4) is 0 Å². The molecule has 1 aliphatic heterocycles. The second-order valence-electron chi connectivity index (χ2n) is 6.17. The summed E-state index contributed by atoms with van der Waals surface area (Å²) < 4.78 is 5.35. The molecule has 0 spiro atoms. The Hall–Kier alpha value is -1.81. The van der Waals surface area contributed by atoms with Crippen LogP contribution in [0.4, 0.5) is 0 Å². The van der Waals surface area contributed by atoms with Crippen LogP contribution >= 0.6 is 0 Å². The Morgan fingerprint density at radius 3 is 2.68 bits per heavy atom. The van der Waals surface area contributed by atoms with Crippen molar-refractivity contribution in [1.82, 2.24) is 9.80 Å². The Morgan fingerprint density at radius 1 is 1.32 bits per heavy atom. The summed E-state index contributed by atoms with van der Waals surface area (Å²) in [6.45, 7) is 3.62. The van der Waals surface area contributed by atoms with Crippen LogP contribution in [-0.2, 0) is 11.2 Å². The van der Waals surface area contributed by atoms with E-state index in [1.807, 2.05) is 18.0 Å². The third-order valence-corrected chi connectivity index (χ3v) is 4.97.